The molecule has 19 heavy (non-hydrogen) atoms. The Morgan fingerprint density at radius 1 is 1.16 bits per heavy atom. The minimum Gasteiger partial charge on any atom is -0.494 e. The molecule has 0 spiro atoms. The number of nitrogens with one attached hydrogen (secondary N) is 2. The van der Waals surface area contributed by atoms with Gasteiger partial charge in [-0.1, -0.05) is 23.2 Å². The smallest absolute Gasteiger partial charge is 0.256 e. The van der Waals surface area contributed by atoms with E-state index in [0.29, 0.717) is 11.6 Å². The van der Waals surface area contributed by atoms with Crippen molar-refractivity contribution in [3.63, 3.8) is 0 Å². The van der Waals surface area contributed by atoms with E-state index in [1.165, 1.54) is 20.1 Å². The van der Waals surface area contributed by atoms with E-state index in [-0.39, 0.29) is 28.8 Å². The molecule has 0 aromatic heterocycles. The highest BCUT2D eigenvalue weighted by Crippen LogP contribution is 2.33. The Bertz CT molecular complexity index is 492. The fourth-order valence-corrected chi connectivity index (χ4v) is 1.92. The Labute approximate surface area is 121 Å². The van der Waals surface area contributed by atoms with Crippen molar-refractivity contribution in [1.82, 2.24) is 10.6 Å². The first kappa shape index (κ1) is 15.6. The number of ether oxygens (including phenoxy) is 1. The number of benzene rings is 1. The van der Waals surface area contributed by atoms with Crippen LogP contribution in [0.1, 0.15) is 17.3 Å². The fourth-order valence-electron chi connectivity index (χ4n) is 1.45. The average molecular weight is 305 g/mol. The first-order valence-electron chi connectivity index (χ1n) is 5.52. The molecule has 5 nitrogen and oxygen atoms in total. The molecule has 104 valence electrons. The molecule has 7 heteroatoms. The van der Waals surface area contributed by atoms with Crippen LogP contribution in [0.15, 0.2) is 12.1 Å². The second kappa shape index (κ2) is 7.21. The topological polar surface area (TPSA) is 67.4 Å². The molecule has 2 N–H and O–H groups in total. The van der Waals surface area contributed by atoms with E-state index < -0.39 is 5.91 Å². The molecule has 1 rings (SSSR count). The maximum Gasteiger partial charge on any atom is 0.256 e. The molecule has 0 bridgehead atoms. The molecule has 0 radical (unpaired) electrons. The molecule has 1 aromatic rings. The highest BCUT2D eigenvalue weighted by atomic mass is 35.5. The van der Waals surface area contributed by atoms with Crippen LogP contribution in [0.5, 0.6) is 5.75 Å². The first-order chi connectivity index (χ1) is 8.97. The van der Waals surface area contributed by atoms with Crippen molar-refractivity contribution >= 4 is 35.0 Å². The third-order valence-electron chi connectivity index (χ3n) is 2.27. The van der Waals surface area contributed by atoms with Crippen LogP contribution >= 0.6 is 23.2 Å². The summed E-state index contributed by atoms with van der Waals surface area (Å²) in [6.07, 6.45) is 0. The standard InChI is InChI=1S/C12H14Cl2N2O3/c1-7(17)15-5-6-16-12(18)10-8(13)3-4-9(14)11(10)19-2/h3-4H,5-6H2,1-2H3,(H,15,17)(H,16,18). The van der Waals surface area contributed by atoms with Crippen LogP contribution in [0, 0.1) is 0 Å². The van der Waals surface area contributed by atoms with Gasteiger partial charge in [0.05, 0.1) is 17.2 Å². The van der Waals surface area contributed by atoms with Gasteiger partial charge in [0.15, 0.2) is 5.75 Å². The number of rotatable bonds is 5. The van der Waals surface area contributed by atoms with Gasteiger partial charge in [0.25, 0.3) is 5.91 Å². The van der Waals surface area contributed by atoms with Gasteiger partial charge in [0.2, 0.25) is 5.91 Å². The Morgan fingerprint density at radius 3 is 2.32 bits per heavy atom. The molecule has 0 saturated carbocycles. The third kappa shape index (κ3) is 4.29. The van der Waals surface area contributed by atoms with Gasteiger partial charge in [-0.25, -0.2) is 0 Å². The van der Waals surface area contributed by atoms with E-state index in [1.54, 1.807) is 6.07 Å². The van der Waals surface area contributed by atoms with Crippen LogP contribution in [0.4, 0.5) is 0 Å². The highest BCUT2D eigenvalue weighted by molar-refractivity contribution is 6.37. The number of methoxy groups -OCH3 is 1. The van der Waals surface area contributed by atoms with Gasteiger partial charge in [0, 0.05) is 20.0 Å². The summed E-state index contributed by atoms with van der Waals surface area (Å²) < 4.78 is 5.08. The Balaban J connectivity index is 2.76. The van der Waals surface area contributed by atoms with E-state index in [4.69, 9.17) is 27.9 Å². The lowest BCUT2D eigenvalue weighted by molar-refractivity contribution is -0.118. The molecular weight excluding hydrogens is 291 g/mol. The second-order valence-corrected chi connectivity index (χ2v) is 4.49. The van der Waals surface area contributed by atoms with Crippen molar-refractivity contribution in [2.75, 3.05) is 20.2 Å². The maximum atomic E-state index is 12.0. The van der Waals surface area contributed by atoms with E-state index in [9.17, 15) is 9.59 Å². The lowest BCUT2D eigenvalue weighted by Crippen LogP contribution is -2.33. The Morgan fingerprint density at radius 2 is 1.74 bits per heavy atom. The molecule has 0 fully saturated rings. The molecule has 0 unspecified atom stereocenters. The molecule has 0 aliphatic heterocycles. The van der Waals surface area contributed by atoms with Crippen molar-refractivity contribution < 1.29 is 14.3 Å². The van der Waals surface area contributed by atoms with Crippen LogP contribution in [0.3, 0.4) is 0 Å². The summed E-state index contributed by atoms with van der Waals surface area (Å²) >= 11 is 11.9. The predicted molar refractivity (Wildman–Crippen MR) is 74.0 cm³/mol. The molecular formula is C12H14Cl2N2O3. The lowest BCUT2D eigenvalue weighted by atomic mass is 10.2. The number of hydrogen-bond donors (Lipinski definition) is 2. The zero-order valence-corrected chi connectivity index (χ0v) is 12.1. The number of carbonyl (C=O) groups is 2. The third-order valence-corrected chi connectivity index (χ3v) is 2.89. The van der Waals surface area contributed by atoms with Gasteiger partial charge in [-0.2, -0.15) is 0 Å². The summed E-state index contributed by atoms with van der Waals surface area (Å²) in [6.45, 7) is 2.02. The first-order valence-corrected chi connectivity index (χ1v) is 6.27. The quantitative estimate of drug-likeness (QED) is 0.816. The average Bonchev–Trinajstić information content (AvgIpc) is 2.36. The Hall–Kier alpha value is -1.46. The number of halogens is 2. The summed E-state index contributed by atoms with van der Waals surface area (Å²) in [4.78, 5) is 22.7. The van der Waals surface area contributed by atoms with E-state index in [0.717, 1.165) is 0 Å². The van der Waals surface area contributed by atoms with Crippen molar-refractivity contribution in [2.24, 2.45) is 0 Å². The summed E-state index contributed by atoms with van der Waals surface area (Å²) in [5.41, 5.74) is 0.180. The largest absolute Gasteiger partial charge is 0.494 e. The van der Waals surface area contributed by atoms with Crippen LogP contribution in [-0.2, 0) is 4.79 Å². The molecule has 0 heterocycles. The minimum absolute atomic E-state index is 0.160. The normalized spacial score (nSPS) is 9.89. The summed E-state index contributed by atoms with van der Waals surface area (Å²) in [7, 11) is 1.41. The highest BCUT2D eigenvalue weighted by Gasteiger charge is 2.18. The lowest BCUT2D eigenvalue weighted by Gasteiger charge is -2.12. The van der Waals surface area contributed by atoms with Crippen LogP contribution < -0.4 is 15.4 Å². The number of amides is 2. The zero-order valence-electron chi connectivity index (χ0n) is 10.5. The van der Waals surface area contributed by atoms with E-state index in [1.807, 2.05) is 0 Å². The zero-order chi connectivity index (χ0) is 14.4. The van der Waals surface area contributed by atoms with Gasteiger partial charge in [0.1, 0.15) is 5.56 Å². The van der Waals surface area contributed by atoms with Crippen molar-refractivity contribution in [3.05, 3.63) is 27.7 Å². The molecule has 2 amide bonds. The molecule has 0 atom stereocenters. The van der Waals surface area contributed by atoms with Crippen LogP contribution in [-0.4, -0.2) is 32.0 Å². The van der Waals surface area contributed by atoms with Crippen LogP contribution in [0.25, 0.3) is 0 Å². The van der Waals surface area contributed by atoms with E-state index >= 15 is 0 Å². The SMILES string of the molecule is COc1c(Cl)ccc(Cl)c1C(=O)NCCNC(C)=O. The second-order valence-electron chi connectivity index (χ2n) is 3.68. The minimum atomic E-state index is -0.408. The maximum absolute atomic E-state index is 12.0. The predicted octanol–water partition coefficient (Wildman–Crippen LogP) is 1.87. The number of carbonyl (C=O) groups excluding carboxylic acids is 2. The van der Waals surface area contributed by atoms with Crippen molar-refractivity contribution in [2.45, 2.75) is 6.92 Å². The van der Waals surface area contributed by atoms with Gasteiger partial charge in [-0.05, 0) is 12.1 Å². The summed E-state index contributed by atoms with van der Waals surface area (Å²) in [5, 5.41) is 5.74. The number of hydrogen-bond acceptors (Lipinski definition) is 3. The summed E-state index contributed by atoms with van der Waals surface area (Å²) in [6, 6.07) is 3.08. The Kier molecular flexibility index (Phi) is 5.92. The van der Waals surface area contributed by atoms with Gasteiger partial charge >= 0.3 is 0 Å². The van der Waals surface area contributed by atoms with E-state index in [2.05, 4.69) is 10.6 Å². The van der Waals surface area contributed by atoms with Crippen LogP contribution in [0.2, 0.25) is 10.0 Å². The monoisotopic (exact) mass is 304 g/mol. The molecule has 0 aliphatic carbocycles. The van der Waals surface area contributed by atoms with Gasteiger partial charge in [-0.15, -0.1) is 0 Å². The van der Waals surface area contributed by atoms with Gasteiger partial charge < -0.3 is 15.4 Å². The van der Waals surface area contributed by atoms with Crippen molar-refractivity contribution in [3.8, 4) is 5.75 Å². The van der Waals surface area contributed by atoms with Crippen molar-refractivity contribution in [1.29, 1.82) is 0 Å². The molecule has 0 aliphatic rings. The molecule has 1 aromatic carbocycles. The molecule has 0 saturated heterocycles. The fraction of sp³-hybridized carbons (Fsp3) is 0.333. The summed E-state index contributed by atoms with van der Waals surface area (Å²) in [5.74, 6) is -0.339. The van der Waals surface area contributed by atoms with Gasteiger partial charge in [-0.3, -0.25) is 9.59 Å².